The molecule has 0 spiro atoms. The lowest BCUT2D eigenvalue weighted by molar-refractivity contribution is -0.145. The van der Waals surface area contributed by atoms with Gasteiger partial charge in [-0.3, -0.25) is 14.0 Å². The number of carbonyl (C=O) groups is 1. The second-order valence-corrected chi connectivity index (χ2v) is 7.10. The van der Waals surface area contributed by atoms with Crippen LogP contribution in [0.25, 0.3) is 16.6 Å². The van der Waals surface area contributed by atoms with Gasteiger partial charge in [-0.25, -0.2) is 4.98 Å². The Balaban J connectivity index is 1.40. The number of aryl methyl sites for hydroxylation is 1. The molecule has 7 heteroatoms. The van der Waals surface area contributed by atoms with Crippen LogP contribution >= 0.6 is 15.9 Å². The number of aromatic nitrogens is 3. The molecule has 6 nitrogen and oxygen atoms in total. The number of carbonyl (C=O) groups excluding carboxylic acids is 1. The van der Waals surface area contributed by atoms with Gasteiger partial charge >= 0.3 is 5.97 Å². The van der Waals surface area contributed by atoms with E-state index in [2.05, 4.69) is 25.9 Å². The fourth-order valence-corrected chi connectivity index (χ4v) is 3.34. The second kappa shape index (κ2) is 7.36. The van der Waals surface area contributed by atoms with E-state index in [-0.39, 0.29) is 24.6 Å². The molecule has 0 unspecified atom stereocenters. The van der Waals surface area contributed by atoms with Gasteiger partial charge in [-0.15, -0.1) is 0 Å². The molecule has 0 aliphatic rings. The van der Waals surface area contributed by atoms with Crippen molar-refractivity contribution in [1.82, 2.24) is 14.4 Å². The first-order chi connectivity index (χ1) is 13.1. The van der Waals surface area contributed by atoms with E-state index in [4.69, 9.17) is 4.74 Å². The van der Waals surface area contributed by atoms with Gasteiger partial charge in [0.2, 0.25) is 0 Å². The summed E-state index contributed by atoms with van der Waals surface area (Å²) in [4.78, 5) is 31.8. The van der Waals surface area contributed by atoms with Crippen molar-refractivity contribution < 1.29 is 9.53 Å². The quantitative estimate of drug-likeness (QED) is 0.495. The van der Waals surface area contributed by atoms with Crippen LogP contribution in [0.2, 0.25) is 0 Å². The summed E-state index contributed by atoms with van der Waals surface area (Å²) in [5.74, 6) is -0.321. The number of nitrogens with zero attached hydrogens (tertiary/aromatic N) is 2. The predicted molar refractivity (Wildman–Crippen MR) is 106 cm³/mol. The van der Waals surface area contributed by atoms with Crippen molar-refractivity contribution in [3.63, 3.8) is 0 Å². The minimum Gasteiger partial charge on any atom is -0.459 e. The molecule has 0 aliphatic carbocycles. The van der Waals surface area contributed by atoms with E-state index in [1.54, 1.807) is 18.3 Å². The van der Waals surface area contributed by atoms with Crippen LogP contribution < -0.4 is 5.56 Å². The number of rotatable bonds is 5. The molecule has 0 saturated carbocycles. The maximum Gasteiger partial charge on any atom is 0.306 e. The number of hydrogen-bond acceptors (Lipinski definition) is 4. The highest BCUT2D eigenvalue weighted by molar-refractivity contribution is 9.10. The number of para-hydroxylation sites is 1. The first kappa shape index (κ1) is 17.5. The number of fused-ring (bicyclic) bond motifs is 2. The Kier molecular flexibility index (Phi) is 4.77. The van der Waals surface area contributed by atoms with E-state index in [1.807, 2.05) is 30.5 Å². The molecule has 4 rings (SSSR count). The lowest BCUT2D eigenvalue weighted by atomic mass is 10.1. The van der Waals surface area contributed by atoms with E-state index in [0.29, 0.717) is 17.8 Å². The first-order valence-electron chi connectivity index (χ1n) is 8.48. The Morgan fingerprint density at radius 2 is 2.07 bits per heavy atom. The van der Waals surface area contributed by atoms with Gasteiger partial charge < -0.3 is 9.72 Å². The molecule has 0 bridgehead atoms. The predicted octanol–water partition coefficient (Wildman–Crippen LogP) is 3.61. The maximum absolute atomic E-state index is 12.2. The van der Waals surface area contributed by atoms with Gasteiger partial charge in [0, 0.05) is 40.3 Å². The fourth-order valence-electron chi connectivity index (χ4n) is 3.00. The van der Waals surface area contributed by atoms with Crippen molar-refractivity contribution in [3.05, 3.63) is 80.9 Å². The van der Waals surface area contributed by atoms with Crippen molar-refractivity contribution in [2.75, 3.05) is 0 Å². The Morgan fingerprint density at radius 1 is 1.22 bits per heavy atom. The van der Waals surface area contributed by atoms with E-state index in [9.17, 15) is 9.59 Å². The van der Waals surface area contributed by atoms with E-state index in [1.165, 1.54) is 10.5 Å². The number of halogens is 1. The highest BCUT2D eigenvalue weighted by Gasteiger charge is 2.09. The number of H-pyrrole nitrogens is 1. The number of hydrogen-bond donors (Lipinski definition) is 1. The van der Waals surface area contributed by atoms with E-state index in [0.717, 1.165) is 20.9 Å². The topological polar surface area (TPSA) is 76.5 Å². The molecule has 27 heavy (non-hydrogen) atoms. The van der Waals surface area contributed by atoms with Crippen LogP contribution in [0.3, 0.4) is 0 Å². The standard InChI is InChI=1S/C20H16BrN3O3/c21-14-6-7-18-23-15(9-19(25)24(18)11-14)12-27-20(26)8-5-13-10-22-17-4-2-1-3-16(13)17/h1-4,6-7,9-11,22H,5,8,12H2. The van der Waals surface area contributed by atoms with Crippen LogP contribution in [0.4, 0.5) is 0 Å². The molecule has 0 radical (unpaired) electrons. The van der Waals surface area contributed by atoms with Gasteiger partial charge in [-0.05, 0) is 46.1 Å². The number of esters is 1. The molecular formula is C20H16BrN3O3. The van der Waals surface area contributed by atoms with Gasteiger partial charge in [-0.1, -0.05) is 18.2 Å². The fraction of sp³-hybridized carbons (Fsp3) is 0.150. The monoisotopic (exact) mass is 425 g/mol. The number of aromatic amines is 1. The summed E-state index contributed by atoms with van der Waals surface area (Å²) in [6.07, 6.45) is 4.43. The second-order valence-electron chi connectivity index (χ2n) is 6.18. The third-order valence-corrected chi connectivity index (χ3v) is 4.80. The molecule has 3 heterocycles. The van der Waals surface area contributed by atoms with Crippen LogP contribution in [-0.4, -0.2) is 20.3 Å². The zero-order chi connectivity index (χ0) is 18.8. The summed E-state index contributed by atoms with van der Waals surface area (Å²) in [5.41, 5.74) is 2.85. The molecule has 0 fully saturated rings. The minimum absolute atomic E-state index is 0.0193. The molecular weight excluding hydrogens is 410 g/mol. The SMILES string of the molecule is O=C(CCc1c[nH]c2ccccc12)OCc1cc(=O)n2cc(Br)ccc2n1. The summed E-state index contributed by atoms with van der Waals surface area (Å²) >= 11 is 3.32. The van der Waals surface area contributed by atoms with Crippen molar-refractivity contribution >= 4 is 38.4 Å². The van der Waals surface area contributed by atoms with Crippen LogP contribution in [-0.2, 0) is 22.6 Å². The van der Waals surface area contributed by atoms with E-state index < -0.39 is 0 Å². The van der Waals surface area contributed by atoms with Crippen LogP contribution in [0.15, 0.2) is 64.1 Å². The van der Waals surface area contributed by atoms with Crippen LogP contribution in [0, 0.1) is 0 Å². The average Bonchev–Trinajstić information content (AvgIpc) is 3.08. The van der Waals surface area contributed by atoms with Crippen molar-refractivity contribution in [1.29, 1.82) is 0 Å². The number of pyridine rings is 1. The number of benzene rings is 1. The molecule has 3 aromatic heterocycles. The van der Waals surface area contributed by atoms with Crippen molar-refractivity contribution in [2.45, 2.75) is 19.4 Å². The Bertz CT molecular complexity index is 1200. The largest absolute Gasteiger partial charge is 0.459 e. The third-order valence-electron chi connectivity index (χ3n) is 4.33. The zero-order valence-electron chi connectivity index (χ0n) is 14.3. The smallest absolute Gasteiger partial charge is 0.306 e. The zero-order valence-corrected chi connectivity index (χ0v) is 15.9. The minimum atomic E-state index is -0.321. The number of nitrogens with one attached hydrogen (secondary N) is 1. The Morgan fingerprint density at radius 3 is 2.96 bits per heavy atom. The summed E-state index contributed by atoms with van der Waals surface area (Å²) in [7, 11) is 0. The van der Waals surface area contributed by atoms with Gasteiger partial charge in [0.15, 0.2) is 0 Å². The third kappa shape index (κ3) is 3.78. The first-order valence-corrected chi connectivity index (χ1v) is 9.28. The van der Waals surface area contributed by atoms with Gasteiger partial charge in [0.1, 0.15) is 12.3 Å². The molecule has 0 aliphatic heterocycles. The van der Waals surface area contributed by atoms with Crippen LogP contribution in [0.1, 0.15) is 17.7 Å². The van der Waals surface area contributed by atoms with Gasteiger partial charge in [0.05, 0.1) is 5.69 Å². The summed E-state index contributed by atoms with van der Waals surface area (Å²) in [6.45, 7) is -0.0193. The number of ether oxygens (including phenoxy) is 1. The summed E-state index contributed by atoms with van der Waals surface area (Å²) in [6, 6.07) is 12.9. The molecule has 0 atom stereocenters. The molecule has 4 aromatic rings. The van der Waals surface area contributed by atoms with E-state index >= 15 is 0 Å². The van der Waals surface area contributed by atoms with Crippen molar-refractivity contribution in [2.24, 2.45) is 0 Å². The average molecular weight is 426 g/mol. The summed E-state index contributed by atoms with van der Waals surface area (Å²) in [5, 5.41) is 1.11. The van der Waals surface area contributed by atoms with Gasteiger partial charge in [-0.2, -0.15) is 0 Å². The summed E-state index contributed by atoms with van der Waals surface area (Å²) < 4.78 is 7.52. The Labute approximate surface area is 162 Å². The molecule has 0 saturated heterocycles. The Hall–Kier alpha value is -2.93. The highest BCUT2D eigenvalue weighted by atomic mass is 79.9. The van der Waals surface area contributed by atoms with Crippen LogP contribution in [0.5, 0.6) is 0 Å². The molecule has 136 valence electrons. The van der Waals surface area contributed by atoms with Gasteiger partial charge in [0.25, 0.3) is 5.56 Å². The highest BCUT2D eigenvalue weighted by Crippen LogP contribution is 2.19. The maximum atomic E-state index is 12.2. The molecule has 1 N–H and O–H groups in total. The lowest BCUT2D eigenvalue weighted by Gasteiger charge is -2.06. The molecule has 1 aromatic carbocycles. The lowest BCUT2D eigenvalue weighted by Crippen LogP contribution is -2.16. The van der Waals surface area contributed by atoms with Crippen molar-refractivity contribution in [3.8, 4) is 0 Å². The molecule has 0 amide bonds. The normalized spacial score (nSPS) is 11.1.